The van der Waals surface area contributed by atoms with Crippen LogP contribution in [-0.2, 0) is 0 Å². The summed E-state index contributed by atoms with van der Waals surface area (Å²) in [6.45, 7) is 0. The number of rotatable bonds is 1. The SMILES string of the molecule is Fc1ccc(-c2nc3c4ccccc4ncn3n2)cn1. The van der Waals surface area contributed by atoms with Gasteiger partial charge in [-0.05, 0) is 24.3 Å². The molecule has 0 saturated heterocycles. The van der Waals surface area contributed by atoms with E-state index in [0.717, 1.165) is 16.6 Å². The van der Waals surface area contributed by atoms with Crippen molar-refractivity contribution in [3.05, 3.63) is 54.9 Å². The number of benzene rings is 1. The molecule has 3 aromatic heterocycles. The van der Waals surface area contributed by atoms with E-state index < -0.39 is 5.95 Å². The van der Waals surface area contributed by atoms with Gasteiger partial charge in [0.15, 0.2) is 11.5 Å². The van der Waals surface area contributed by atoms with Crippen molar-refractivity contribution < 1.29 is 4.39 Å². The molecule has 5 nitrogen and oxygen atoms in total. The Morgan fingerprint density at radius 2 is 1.90 bits per heavy atom. The average Bonchev–Trinajstić information content (AvgIpc) is 2.92. The minimum absolute atomic E-state index is 0.496. The molecule has 0 radical (unpaired) electrons. The first-order chi connectivity index (χ1) is 9.81. The third-order valence-corrected chi connectivity index (χ3v) is 3.07. The van der Waals surface area contributed by atoms with Gasteiger partial charge in [0, 0.05) is 17.1 Å². The molecule has 0 unspecified atom stereocenters. The van der Waals surface area contributed by atoms with Crippen LogP contribution in [0.1, 0.15) is 0 Å². The van der Waals surface area contributed by atoms with Crippen LogP contribution in [0.4, 0.5) is 4.39 Å². The molecular formula is C14H8FN5. The summed E-state index contributed by atoms with van der Waals surface area (Å²) in [6.07, 6.45) is 3.03. The number of halogens is 1. The van der Waals surface area contributed by atoms with E-state index in [4.69, 9.17) is 0 Å². The second-order valence-corrected chi connectivity index (χ2v) is 4.33. The van der Waals surface area contributed by atoms with Crippen LogP contribution in [0, 0.1) is 5.95 Å². The zero-order valence-corrected chi connectivity index (χ0v) is 10.2. The Morgan fingerprint density at radius 1 is 1.00 bits per heavy atom. The van der Waals surface area contributed by atoms with Crippen molar-refractivity contribution in [2.45, 2.75) is 0 Å². The van der Waals surface area contributed by atoms with E-state index in [1.807, 2.05) is 24.3 Å². The van der Waals surface area contributed by atoms with Crippen LogP contribution in [0.15, 0.2) is 48.9 Å². The topological polar surface area (TPSA) is 56.0 Å². The molecule has 0 amide bonds. The highest BCUT2D eigenvalue weighted by atomic mass is 19.1. The van der Waals surface area contributed by atoms with E-state index in [1.54, 1.807) is 16.9 Å². The highest BCUT2D eigenvalue weighted by Crippen LogP contribution is 2.20. The highest BCUT2D eigenvalue weighted by molar-refractivity contribution is 5.91. The van der Waals surface area contributed by atoms with Crippen molar-refractivity contribution in [1.29, 1.82) is 0 Å². The maximum Gasteiger partial charge on any atom is 0.212 e. The minimum atomic E-state index is -0.523. The first-order valence-corrected chi connectivity index (χ1v) is 6.03. The van der Waals surface area contributed by atoms with E-state index in [-0.39, 0.29) is 0 Å². The molecule has 20 heavy (non-hydrogen) atoms. The van der Waals surface area contributed by atoms with Crippen molar-refractivity contribution >= 4 is 16.6 Å². The second kappa shape index (κ2) is 4.06. The number of fused-ring (bicyclic) bond motifs is 3. The largest absolute Gasteiger partial charge is 0.236 e. The summed E-state index contributed by atoms with van der Waals surface area (Å²) >= 11 is 0. The van der Waals surface area contributed by atoms with Crippen molar-refractivity contribution in [3.63, 3.8) is 0 Å². The van der Waals surface area contributed by atoms with Crippen molar-refractivity contribution in [3.8, 4) is 11.4 Å². The molecule has 0 saturated carbocycles. The second-order valence-electron chi connectivity index (χ2n) is 4.33. The van der Waals surface area contributed by atoms with Crippen molar-refractivity contribution in [2.75, 3.05) is 0 Å². The van der Waals surface area contributed by atoms with Crippen molar-refractivity contribution in [1.82, 2.24) is 24.6 Å². The lowest BCUT2D eigenvalue weighted by Crippen LogP contribution is -1.91. The molecule has 1 aromatic carbocycles. The van der Waals surface area contributed by atoms with Crippen LogP contribution in [0.2, 0.25) is 0 Å². The van der Waals surface area contributed by atoms with Crippen LogP contribution in [0.3, 0.4) is 0 Å². The van der Waals surface area contributed by atoms with E-state index in [1.165, 1.54) is 12.3 Å². The van der Waals surface area contributed by atoms with Gasteiger partial charge in [-0.2, -0.15) is 4.39 Å². The molecule has 0 N–H and O–H groups in total. The van der Waals surface area contributed by atoms with Crippen LogP contribution in [-0.4, -0.2) is 24.6 Å². The number of aromatic nitrogens is 5. The van der Waals surface area contributed by atoms with E-state index in [0.29, 0.717) is 11.4 Å². The fourth-order valence-electron chi connectivity index (χ4n) is 2.11. The number of hydrogen-bond acceptors (Lipinski definition) is 4. The Morgan fingerprint density at radius 3 is 2.75 bits per heavy atom. The number of nitrogens with zero attached hydrogens (tertiary/aromatic N) is 5. The molecule has 0 aliphatic carbocycles. The smallest absolute Gasteiger partial charge is 0.212 e. The Hall–Kier alpha value is -2.89. The van der Waals surface area contributed by atoms with Crippen LogP contribution < -0.4 is 0 Å². The molecule has 0 spiro atoms. The molecular weight excluding hydrogens is 257 g/mol. The van der Waals surface area contributed by atoms with Crippen LogP contribution in [0.25, 0.3) is 27.9 Å². The Balaban J connectivity index is 1.98. The molecule has 0 fully saturated rings. The standard InChI is InChI=1S/C14H8FN5/c15-12-6-5-9(7-16-12)13-18-14-10-3-1-2-4-11(10)17-8-20(14)19-13/h1-8H. The van der Waals surface area contributed by atoms with Crippen molar-refractivity contribution in [2.24, 2.45) is 0 Å². The Kier molecular flexibility index (Phi) is 2.23. The fraction of sp³-hybridized carbons (Fsp3) is 0. The van der Waals surface area contributed by atoms with E-state index >= 15 is 0 Å². The van der Waals surface area contributed by atoms with Crippen LogP contribution >= 0.6 is 0 Å². The summed E-state index contributed by atoms with van der Waals surface area (Å²) in [5.74, 6) is -0.0275. The number of hydrogen-bond donors (Lipinski definition) is 0. The Labute approximate surface area is 112 Å². The molecule has 0 atom stereocenters. The lowest BCUT2D eigenvalue weighted by molar-refractivity contribution is 0.584. The third kappa shape index (κ3) is 1.62. The minimum Gasteiger partial charge on any atom is -0.236 e. The van der Waals surface area contributed by atoms with Gasteiger partial charge in [0.05, 0.1) is 5.52 Å². The van der Waals surface area contributed by atoms with Gasteiger partial charge in [-0.1, -0.05) is 12.1 Å². The number of para-hydroxylation sites is 1. The molecule has 0 bridgehead atoms. The predicted molar refractivity (Wildman–Crippen MR) is 71.5 cm³/mol. The van der Waals surface area contributed by atoms with E-state index in [2.05, 4.69) is 20.1 Å². The van der Waals surface area contributed by atoms with Gasteiger partial charge in [0.1, 0.15) is 6.33 Å². The lowest BCUT2D eigenvalue weighted by atomic mass is 10.2. The quantitative estimate of drug-likeness (QED) is 0.496. The van der Waals surface area contributed by atoms with Gasteiger partial charge in [-0.25, -0.2) is 19.5 Å². The van der Waals surface area contributed by atoms with E-state index in [9.17, 15) is 4.39 Å². The highest BCUT2D eigenvalue weighted by Gasteiger charge is 2.10. The van der Waals surface area contributed by atoms with Gasteiger partial charge < -0.3 is 0 Å². The predicted octanol–water partition coefficient (Wildman–Crippen LogP) is 2.48. The van der Waals surface area contributed by atoms with Crippen LogP contribution in [0.5, 0.6) is 0 Å². The maximum absolute atomic E-state index is 12.8. The Bertz CT molecular complexity index is 914. The monoisotopic (exact) mass is 265 g/mol. The first kappa shape index (κ1) is 11.0. The summed E-state index contributed by atoms with van der Waals surface area (Å²) in [5, 5.41) is 5.26. The molecule has 0 aliphatic heterocycles. The maximum atomic E-state index is 12.8. The summed E-state index contributed by atoms with van der Waals surface area (Å²) < 4.78 is 14.5. The molecule has 6 heteroatoms. The number of pyridine rings is 1. The fourth-order valence-corrected chi connectivity index (χ4v) is 2.11. The lowest BCUT2D eigenvalue weighted by Gasteiger charge is -1.96. The van der Waals surface area contributed by atoms with Gasteiger partial charge in [0.25, 0.3) is 0 Å². The van der Waals surface area contributed by atoms with Gasteiger partial charge in [0.2, 0.25) is 5.95 Å². The molecule has 4 aromatic rings. The third-order valence-electron chi connectivity index (χ3n) is 3.07. The zero-order valence-electron chi connectivity index (χ0n) is 10.2. The first-order valence-electron chi connectivity index (χ1n) is 6.03. The summed E-state index contributed by atoms with van der Waals surface area (Å²) in [6, 6.07) is 10.6. The van der Waals surface area contributed by atoms with Gasteiger partial charge in [-0.15, -0.1) is 5.10 Å². The summed E-state index contributed by atoms with van der Waals surface area (Å²) in [7, 11) is 0. The normalized spacial score (nSPS) is 11.2. The van der Waals surface area contributed by atoms with Gasteiger partial charge >= 0.3 is 0 Å². The summed E-state index contributed by atoms with van der Waals surface area (Å²) in [5.41, 5.74) is 2.24. The zero-order chi connectivity index (χ0) is 13.5. The molecule has 4 rings (SSSR count). The molecule has 0 aliphatic rings. The summed E-state index contributed by atoms with van der Waals surface area (Å²) in [4.78, 5) is 12.4. The molecule has 96 valence electrons. The van der Waals surface area contributed by atoms with Gasteiger partial charge in [-0.3, -0.25) is 0 Å². The average molecular weight is 265 g/mol. The molecule has 3 heterocycles.